The van der Waals surface area contributed by atoms with Crippen molar-refractivity contribution >= 4 is 21.8 Å². The van der Waals surface area contributed by atoms with E-state index >= 15 is 0 Å². The molecular weight excluding hydrogens is 349 g/mol. The standard InChI is InChI=1S/C14H12BrF3N2O/c15-12-5-4-9(7-11(12)14(16,17)18)13(21)20-6-2-1-3-10(20)8-19/h4-5,7,10H,1-3,6H2. The summed E-state index contributed by atoms with van der Waals surface area (Å²) in [4.78, 5) is 13.7. The summed E-state index contributed by atoms with van der Waals surface area (Å²) in [5.41, 5.74) is -0.938. The molecule has 1 saturated heterocycles. The quantitative estimate of drug-likeness (QED) is 0.759. The van der Waals surface area contributed by atoms with Crippen LogP contribution in [0.25, 0.3) is 0 Å². The van der Waals surface area contributed by atoms with Crippen molar-refractivity contribution in [1.29, 1.82) is 5.26 Å². The molecule has 1 aliphatic rings. The molecule has 0 bridgehead atoms. The highest BCUT2D eigenvalue weighted by Crippen LogP contribution is 2.35. The lowest BCUT2D eigenvalue weighted by atomic mass is 10.0. The summed E-state index contributed by atoms with van der Waals surface area (Å²) in [7, 11) is 0. The fourth-order valence-electron chi connectivity index (χ4n) is 2.35. The van der Waals surface area contributed by atoms with Crippen LogP contribution in [-0.2, 0) is 6.18 Å². The average Bonchev–Trinajstić information content (AvgIpc) is 2.45. The van der Waals surface area contributed by atoms with Gasteiger partial charge in [-0.05, 0) is 37.5 Å². The van der Waals surface area contributed by atoms with Crippen molar-refractivity contribution in [3.05, 3.63) is 33.8 Å². The number of rotatable bonds is 1. The minimum atomic E-state index is -4.54. The van der Waals surface area contributed by atoms with E-state index in [0.29, 0.717) is 13.0 Å². The first-order chi connectivity index (χ1) is 9.84. The van der Waals surface area contributed by atoms with Gasteiger partial charge in [-0.25, -0.2) is 0 Å². The lowest BCUT2D eigenvalue weighted by Gasteiger charge is -2.31. The van der Waals surface area contributed by atoms with Crippen molar-refractivity contribution < 1.29 is 18.0 Å². The van der Waals surface area contributed by atoms with E-state index < -0.39 is 23.7 Å². The summed E-state index contributed by atoms with van der Waals surface area (Å²) in [6.07, 6.45) is -2.38. The summed E-state index contributed by atoms with van der Waals surface area (Å²) < 4.78 is 38.5. The second-order valence-electron chi connectivity index (χ2n) is 4.83. The largest absolute Gasteiger partial charge is 0.417 e. The number of hydrogen-bond donors (Lipinski definition) is 0. The zero-order valence-corrected chi connectivity index (χ0v) is 12.5. The number of benzene rings is 1. The van der Waals surface area contributed by atoms with Crippen LogP contribution in [0.3, 0.4) is 0 Å². The summed E-state index contributed by atoms with van der Waals surface area (Å²) in [5.74, 6) is -0.528. The Morgan fingerprint density at radius 1 is 1.38 bits per heavy atom. The number of piperidine rings is 1. The maximum Gasteiger partial charge on any atom is 0.417 e. The van der Waals surface area contributed by atoms with Gasteiger partial charge >= 0.3 is 6.18 Å². The summed E-state index contributed by atoms with van der Waals surface area (Å²) >= 11 is 2.84. The van der Waals surface area contributed by atoms with Gasteiger partial charge in [-0.2, -0.15) is 18.4 Å². The fourth-order valence-corrected chi connectivity index (χ4v) is 2.82. The Bertz CT molecular complexity index is 595. The third-order valence-electron chi connectivity index (χ3n) is 3.43. The van der Waals surface area contributed by atoms with E-state index in [1.165, 1.54) is 17.0 Å². The SMILES string of the molecule is N#CC1CCCCN1C(=O)c1ccc(Br)c(C(F)(F)F)c1. The van der Waals surface area contributed by atoms with E-state index in [1.54, 1.807) is 0 Å². The first kappa shape index (κ1) is 15.8. The van der Waals surface area contributed by atoms with Crippen molar-refractivity contribution in [3.8, 4) is 6.07 Å². The second kappa shape index (κ2) is 6.06. The normalized spacial score (nSPS) is 19.2. The molecule has 0 saturated carbocycles. The molecule has 0 aliphatic carbocycles. The highest BCUT2D eigenvalue weighted by molar-refractivity contribution is 9.10. The molecule has 21 heavy (non-hydrogen) atoms. The Labute approximate surface area is 128 Å². The number of nitriles is 1. The number of carbonyl (C=O) groups excluding carboxylic acids is 1. The molecular formula is C14H12BrF3N2O. The zero-order valence-electron chi connectivity index (χ0n) is 11.0. The lowest BCUT2D eigenvalue weighted by molar-refractivity contribution is -0.138. The third-order valence-corrected chi connectivity index (χ3v) is 4.12. The topological polar surface area (TPSA) is 44.1 Å². The fraction of sp³-hybridized carbons (Fsp3) is 0.429. The molecule has 2 rings (SSSR count). The number of halogens is 4. The van der Waals surface area contributed by atoms with Crippen molar-refractivity contribution in [1.82, 2.24) is 4.90 Å². The first-order valence-corrected chi connectivity index (χ1v) is 7.21. The number of hydrogen-bond acceptors (Lipinski definition) is 2. The third kappa shape index (κ3) is 3.38. The highest BCUT2D eigenvalue weighted by Gasteiger charge is 2.35. The van der Waals surface area contributed by atoms with Crippen LogP contribution in [0.15, 0.2) is 22.7 Å². The van der Waals surface area contributed by atoms with Crippen LogP contribution in [0, 0.1) is 11.3 Å². The maximum atomic E-state index is 12.9. The minimum Gasteiger partial charge on any atom is -0.323 e. The van der Waals surface area contributed by atoms with Gasteiger partial charge < -0.3 is 4.90 Å². The van der Waals surface area contributed by atoms with Crippen LogP contribution < -0.4 is 0 Å². The molecule has 0 radical (unpaired) electrons. The molecule has 0 aromatic heterocycles. The number of nitrogens with zero attached hydrogens (tertiary/aromatic N) is 2. The molecule has 7 heteroatoms. The van der Waals surface area contributed by atoms with Gasteiger partial charge in [0.05, 0.1) is 11.6 Å². The van der Waals surface area contributed by atoms with Crippen molar-refractivity contribution in [2.45, 2.75) is 31.5 Å². The van der Waals surface area contributed by atoms with E-state index in [4.69, 9.17) is 5.26 Å². The van der Waals surface area contributed by atoms with E-state index in [9.17, 15) is 18.0 Å². The predicted molar refractivity (Wildman–Crippen MR) is 73.4 cm³/mol. The van der Waals surface area contributed by atoms with Gasteiger partial charge in [0.25, 0.3) is 5.91 Å². The molecule has 1 aromatic rings. The molecule has 1 fully saturated rings. The Morgan fingerprint density at radius 2 is 2.10 bits per heavy atom. The van der Waals surface area contributed by atoms with Crippen LogP contribution in [0.2, 0.25) is 0 Å². The number of alkyl halides is 3. The smallest absolute Gasteiger partial charge is 0.323 e. The lowest BCUT2D eigenvalue weighted by Crippen LogP contribution is -2.43. The van der Waals surface area contributed by atoms with Gasteiger partial charge in [0.15, 0.2) is 0 Å². The molecule has 1 aromatic carbocycles. The van der Waals surface area contributed by atoms with Crippen LogP contribution >= 0.6 is 15.9 Å². The van der Waals surface area contributed by atoms with Crippen LogP contribution in [0.4, 0.5) is 13.2 Å². The molecule has 1 amide bonds. The van der Waals surface area contributed by atoms with Gasteiger partial charge in [0, 0.05) is 16.6 Å². The summed E-state index contributed by atoms with van der Waals surface area (Å²) in [5, 5.41) is 9.05. The Hall–Kier alpha value is -1.55. The monoisotopic (exact) mass is 360 g/mol. The molecule has 1 unspecified atom stereocenters. The minimum absolute atomic E-state index is 0.0484. The van der Waals surface area contributed by atoms with Crippen LogP contribution in [-0.4, -0.2) is 23.4 Å². The second-order valence-corrected chi connectivity index (χ2v) is 5.69. The highest BCUT2D eigenvalue weighted by atomic mass is 79.9. The van der Waals surface area contributed by atoms with Crippen molar-refractivity contribution in [2.24, 2.45) is 0 Å². The molecule has 1 heterocycles. The number of likely N-dealkylation sites (tertiary alicyclic amines) is 1. The van der Waals surface area contributed by atoms with Gasteiger partial charge in [0.1, 0.15) is 6.04 Å². The Balaban J connectivity index is 2.34. The van der Waals surface area contributed by atoms with E-state index in [0.717, 1.165) is 18.9 Å². The molecule has 0 spiro atoms. The van der Waals surface area contributed by atoms with Gasteiger partial charge in [-0.3, -0.25) is 4.79 Å². The number of carbonyl (C=O) groups is 1. The molecule has 1 atom stereocenters. The average molecular weight is 361 g/mol. The summed E-state index contributed by atoms with van der Waals surface area (Å²) in [6.45, 7) is 0.397. The Morgan fingerprint density at radius 3 is 2.71 bits per heavy atom. The summed E-state index contributed by atoms with van der Waals surface area (Å²) in [6, 6.07) is 4.85. The molecule has 0 N–H and O–H groups in total. The molecule has 112 valence electrons. The van der Waals surface area contributed by atoms with Gasteiger partial charge in [0.2, 0.25) is 0 Å². The molecule has 3 nitrogen and oxygen atoms in total. The van der Waals surface area contributed by atoms with Gasteiger partial charge in [-0.1, -0.05) is 15.9 Å². The molecule has 1 aliphatic heterocycles. The Kier molecular flexibility index (Phi) is 4.57. The van der Waals surface area contributed by atoms with E-state index in [-0.39, 0.29) is 10.0 Å². The first-order valence-electron chi connectivity index (χ1n) is 6.42. The van der Waals surface area contributed by atoms with Crippen LogP contribution in [0.5, 0.6) is 0 Å². The van der Waals surface area contributed by atoms with Gasteiger partial charge in [-0.15, -0.1) is 0 Å². The van der Waals surface area contributed by atoms with Crippen LogP contribution in [0.1, 0.15) is 35.2 Å². The number of amides is 1. The predicted octanol–water partition coefficient (Wildman–Crippen LogP) is 3.99. The zero-order chi connectivity index (χ0) is 15.6. The maximum absolute atomic E-state index is 12.9. The van der Waals surface area contributed by atoms with E-state index in [1.807, 2.05) is 6.07 Å². The van der Waals surface area contributed by atoms with Crippen molar-refractivity contribution in [2.75, 3.05) is 6.54 Å². The van der Waals surface area contributed by atoms with E-state index in [2.05, 4.69) is 15.9 Å². The van der Waals surface area contributed by atoms with Crippen molar-refractivity contribution in [3.63, 3.8) is 0 Å².